The van der Waals surface area contributed by atoms with Crippen LogP contribution < -0.4 is 26.1 Å². The molecule has 8 nitrogen and oxygen atoms in total. The van der Waals surface area contributed by atoms with Crippen LogP contribution in [0.25, 0.3) is 10.9 Å². The Bertz CT molecular complexity index is 1120. The summed E-state index contributed by atoms with van der Waals surface area (Å²) >= 11 is 0. The first-order valence-corrected chi connectivity index (χ1v) is 8.06. The highest BCUT2D eigenvalue weighted by molar-refractivity contribution is 5.94. The van der Waals surface area contributed by atoms with Crippen LogP contribution in [0.4, 0.5) is 10.3 Å². The summed E-state index contributed by atoms with van der Waals surface area (Å²) < 4.78 is 25.7. The van der Waals surface area contributed by atoms with Crippen LogP contribution in [0.15, 0.2) is 46.2 Å². The number of fused-ring (bicyclic) bond motifs is 3. The molecule has 0 radical (unpaired) electrons. The fourth-order valence-corrected chi connectivity index (χ4v) is 3.09. The summed E-state index contributed by atoms with van der Waals surface area (Å²) in [5.74, 6) is 0.844. The van der Waals surface area contributed by atoms with E-state index in [-0.39, 0.29) is 17.7 Å². The third-order valence-electron chi connectivity index (χ3n) is 4.34. The molecule has 1 unspecified atom stereocenters. The van der Waals surface area contributed by atoms with Crippen LogP contribution in [0.1, 0.15) is 11.7 Å². The zero-order valence-corrected chi connectivity index (χ0v) is 14.6. The van der Waals surface area contributed by atoms with E-state index in [1.807, 2.05) is 0 Å². The van der Waals surface area contributed by atoms with Crippen molar-refractivity contribution in [3.63, 3.8) is 0 Å². The predicted molar refractivity (Wildman–Crippen MR) is 98.9 cm³/mol. The molecule has 0 bridgehead atoms. The van der Waals surface area contributed by atoms with Crippen LogP contribution in [0.2, 0.25) is 0 Å². The molecular formula is C18H16FN5O3. The van der Waals surface area contributed by atoms with E-state index in [9.17, 15) is 9.18 Å². The van der Waals surface area contributed by atoms with Crippen LogP contribution in [-0.2, 0) is 0 Å². The quantitative estimate of drug-likeness (QED) is 0.730. The summed E-state index contributed by atoms with van der Waals surface area (Å²) in [6.07, 6.45) is -0.629. The van der Waals surface area contributed by atoms with Crippen molar-refractivity contribution in [1.29, 1.82) is 0 Å². The van der Waals surface area contributed by atoms with Crippen molar-refractivity contribution >= 4 is 22.8 Å². The minimum absolute atomic E-state index is 0.107. The molecule has 0 saturated heterocycles. The number of halogens is 1. The minimum Gasteiger partial charge on any atom is -0.493 e. The summed E-state index contributed by atoms with van der Waals surface area (Å²) in [5.41, 5.74) is 6.63. The van der Waals surface area contributed by atoms with Crippen molar-refractivity contribution in [1.82, 2.24) is 9.55 Å². The third-order valence-corrected chi connectivity index (χ3v) is 4.34. The summed E-state index contributed by atoms with van der Waals surface area (Å²) in [7, 11) is 2.99. The van der Waals surface area contributed by atoms with Gasteiger partial charge in [0, 0.05) is 6.07 Å². The molecule has 0 amide bonds. The van der Waals surface area contributed by atoms with Crippen molar-refractivity contribution in [3.05, 3.63) is 58.1 Å². The highest BCUT2D eigenvalue weighted by Crippen LogP contribution is 2.35. The number of guanidine groups is 1. The first kappa shape index (κ1) is 16.8. The second-order valence-corrected chi connectivity index (χ2v) is 5.90. The second-order valence-electron chi connectivity index (χ2n) is 5.90. The van der Waals surface area contributed by atoms with Gasteiger partial charge in [0.1, 0.15) is 5.82 Å². The van der Waals surface area contributed by atoms with Gasteiger partial charge in [0.15, 0.2) is 23.6 Å². The van der Waals surface area contributed by atoms with E-state index >= 15 is 0 Å². The number of nitrogens with one attached hydrogen (secondary N) is 1. The van der Waals surface area contributed by atoms with Gasteiger partial charge in [0.05, 0.1) is 25.1 Å². The van der Waals surface area contributed by atoms with Crippen molar-refractivity contribution < 1.29 is 13.9 Å². The molecule has 3 N–H and O–H groups in total. The van der Waals surface area contributed by atoms with E-state index in [2.05, 4.69) is 15.3 Å². The molecule has 1 aromatic heterocycles. The van der Waals surface area contributed by atoms with Crippen molar-refractivity contribution in [2.75, 3.05) is 19.5 Å². The van der Waals surface area contributed by atoms with Gasteiger partial charge in [-0.1, -0.05) is 12.1 Å². The van der Waals surface area contributed by atoms with Crippen LogP contribution in [-0.4, -0.2) is 29.7 Å². The van der Waals surface area contributed by atoms with E-state index in [1.165, 1.54) is 26.4 Å². The SMILES string of the molecule is COc1cc2c(=O)nc3n(c2cc1OC)C(c1ccc(F)cc1)N=C(N)N3. The first-order chi connectivity index (χ1) is 13.0. The Morgan fingerprint density at radius 2 is 1.81 bits per heavy atom. The Kier molecular flexibility index (Phi) is 3.91. The Morgan fingerprint density at radius 3 is 2.48 bits per heavy atom. The number of benzene rings is 2. The number of aliphatic imine (C=N–C) groups is 1. The van der Waals surface area contributed by atoms with Crippen molar-refractivity contribution in [3.8, 4) is 11.5 Å². The zero-order chi connectivity index (χ0) is 19.1. The summed E-state index contributed by atoms with van der Waals surface area (Å²) in [5, 5.41) is 3.14. The summed E-state index contributed by atoms with van der Waals surface area (Å²) in [4.78, 5) is 21.0. The van der Waals surface area contributed by atoms with Crippen molar-refractivity contribution in [2.24, 2.45) is 10.7 Å². The molecule has 0 fully saturated rings. The lowest BCUT2D eigenvalue weighted by Gasteiger charge is -2.27. The van der Waals surface area contributed by atoms with Gasteiger partial charge < -0.3 is 15.2 Å². The predicted octanol–water partition coefficient (Wildman–Crippen LogP) is 1.84. The fourth-order valence-electron chi connectivity index (χ4n) is 3.09. The van der Waals surface area contributed by atoms with Gasteiger partial charge in [0.2, 0.25) is 5.95 Å². The molecule has 27 heavy (non-hydrogen) atoms. The lowest BCUT2D eigenvalue weighted by atomic mass is 10.1. The highest BCUT2D eigenvalue weighted by Gasteiger charge is 2.26. The zero-order valence-electron chi connectivity index (χ0n) is 14.6. The lowest BCUT2D eigenvalue weighted by molar-refractivity contribution is 0.355. The molecular weight excluding hydrogens is 353 g/mol. The average Bonchev–Trinajstić information content (AvgIpc) is 2.66. The standard InChI is InChI=1S/C18H16FN5O3/c1-26-13-7-11-12(8-14(13)27-2)24-15(9-3-5-10(19)6-4-9)21-17(20)23-18(24)22-16(11)25/h3-8,15H,1-2H3,(H3,20,21,22,23,25). The maximum Gasteiger partial charge on any atom is 0.282 e. The third kappa shape index (κ3) is 2.73. The Hall–Kier alpha value is -3.62. The maximum absolute atomic E-state index is 13.4. The molecule has 0 spiro atoms. The van der Waals surface area contributed by atoms with Gasteiger partial charge in [-0.25, -0.2) is 9.38 Å². The fraction of sp³-hybridized carbons (Fsp3) is 0.167. The number of ether oxygens (including phenoxy) is 2. The summed E-state index contributed by atoms with van der Waals surface area (Å²) in [6, 6.07) is 9.14. The molecule has 2 heterocycles. The van der Waals surface area contributed by atoms with Gasteiger partial charge in [-0.3, -0.25) is 14.7 Å². The van der Waals surface area contributed by atoms with Gasteiger partial charge in [-0.15, -0.1) is 0 Å². The molecule has 1 aliphatic heterocycles. The smallest absolute Gasteiger partial charge is 0.282 e. The largest absolute Gasteiger partial charge is 0.493 e. The minimum atomic E-state index is -0.629. The molecule has 4 rings (SSSR count). The second kappa shape index (κ2) is 6.27. The molecule has 2 aromatic carbocycles. The van der Waals surface area contributed by atoms with Gasteiger partial charge in [0.25, 0.3) is 5.56 Å². The molecule has 0 saturated carbocycles. The number of hydrogen-bond donors (Lipinski definition) is 2. The molecule has 3 aromatic rings. The number of methoxy groups -OCH3 is 2. The van der Waals surface area contributed by atoms with E-state index in [0.29, 0.717) is 28.0 Å². The number of nitrogens with zero attached hydrogens (tertiary/aromatic N) is 3. The normalized spacial score (nSPS) is 15.7. The van der Waals surface area contributed by atoms with Gasteiger partial charge >= 0.3 is 0 Å². The van der Waals surface area contributed by atoms with E-state index in [4.69, 9.17) is 15.2 Å². The van der Waals surface area contributed by atoms with E-state index < -0.39 is 11.7 Å². The van der Waals surface area contributed by atoms with Gasteiger partial charge in [-0.2, -0.15) is 4.98 Å². The topological polar surface area (TPSA) is 104 Å². The van der Waals surface area contributed by atoms with Crippen LogP contribution in [0.3, 0.4) is 0 Å². The molecule has 138 valence electrons. The van der Waals surface area contributed by atoms with Crippen LogP contribution >= 0.6 is 0 Å². The number of aromatic nitrogens is 2. The highest BCUT2D eigenvalue weighted by atomic mass is 19.1. The maximum atomic E-state index is 13.4. The Labute approximate surface area is 153 Å². The van der Waals surface area contributed by atoms with Gasteiger partial charge in [-0.05, 0) is 23.8 Å². The van der Waals surface area contributed by atoms with Crippen LogP contribution in [0, 0.1) is 5.82 Å². The van der Waals surface area contributed by atoms with E-state index in [1.54, 1.807) is 28.8 Å². The summed E-state index contributed by atoms with van der Waals surface area (Å²) in [6.45, 7) is 0. The van der Waals surface area contributed by atoms with Crippen LogP contribution in [0.5, 0.6) is 11.5 Å². The molecule has 1 atom stereocenters. The Morgan fingerprint density at radius 1 is 1.15 bits per heavy atom. The molecule has 1 aliphatic rings. The Balaban J connectivity index is 2.04. The van der Waals surface area contributed by atoms with E-state index in [0.717, 1.165) is 0 Å². The van der Waals surface area contributed by atoms with Crippen molar-refractivity contribution in [2.45, 2.75) is 6.17 Å². The number of anilines is 1. The average molecular weight is 369 g/mol. The molecule has 0 aliphatic carbocycles. The number of nitrogens with two attached hydrogens (primary N) is 1. The first-order valence-electron chi connectivity index (χ1n) is 8.06. The molecule has 9 heteroatoms. The lowest BCUT2D eigenvalue weighted by Crippen LogP contribution is -2.34. The number of hydrogen-bond acceptors (Lipinski definition) is 7. The number of rotatable bonds is 3. The monoisotopic (exact) mass is 369 g/mol.